The third-order valence-electron chi connectivity index (χ3n) is 4.17. The number of likely N-dealkylation sites (tertiary alicyclic amines) is 1. The van der Waals surface area contributed by atoms with Crippen LogP contribution >= 0.6 is 0 Å². The Morgan fingerprint density at radius 1 is 1.50 bits per heavy atom. The predicted molar refractivity (Wildman–Crippen MR) is 66.6 cm³/mol. The second-order valence-electron chi connectivity index (χ2n) is 5.12. The molecule has 0 aromatic carbocycles. The van der Waals surface area contributed by atoms with E-state index in [9.17, 15) is 0 Å². The van der Waals surface area contributed by atoms with Gasteiger partial charge in [-0.3, -0.25) is 0 Å². The van der Waals surface area contributed by atoms with Crippen molar-refractivity contribution >= 4 is 5.84 Å². The van der Waals surface area contributed by atoms with Crippen molar-refractivity contribution in [2.45, 2.75) is 40.0 Å². The molecule has 3 N–H and O–H groups in total. The zero-order valence-corrected chi connectivity index (χ0v) is 10.7. The number of hydrogen-bond acceptors (Lipinski definition) is 3. The van der Waals surface area contributed by atoms with Crippen LogP contribution in [0.25, 0.3) is 0 Å². The second-order valence-corrected chi connectivity index (χ2v) is 5.12. The average molecular weight is 227 g/mol. The molecular formula is C12H25N3O. The summed E-state index contributed by atoms with van der Waals surface area (Å²) in [6.07, 6.45) is 3.78. The summed E-state index contributed by atoms with van der Waals surface area (Å²) in [4.78, 5) is 2.44. The number of oxime groups is 1. The fourth-order valence-electron chi connectivity index (χ4n) is 2.59. The Bertz CT molecular complexity index is 249. The van der Waals surface area contributed by atoms with Crippen molar-refractivity contribution in [1.82, 2.24) is 4.90 Å². The van der Waals surface area contributed by atoms with Gasteiger partial charge in [0.05, 0.1) is 0 Å². The van der Waals surface area contributed by atoms with E-state index in [1.807, 2.05) is 6.92 Å². The first-order valence-electron chi connectivity index (χ1n) is 6.26. The van der Waals surface area contributed by atoms with Crippen LogP contribution in [0.5, 0.6) is 0 Å². The summed E-state index contributed by atoms with van der Waals surface area (Å²) in [6, 6.07) is 0. The van der Waals surface area contributed by atoms with Gasteiger partial charge in [0.1, 0.15) is 5.84 Å². The fraction of sp³-hybridized carbons (Fsp3) is 0.917. The van der Waals surface area contributed by atoms with Crippen molar-refractivity contribution in [2.75, 3.05) is 19.6 Å². The highest BCUT2D eigenvalue weighted by atomic mass is 16.4. The molecule has 1 unspecified atom stereocenters. The smallest absolute Gasteiger partial charge is 0.143 e. The molecule has 16 heavy (non-hydrogen) atoms. The zero-order chi connectivity index (χ0) is 12.2. The molecular weight excluding hydrogens is 202 g/mol. The number of nitrogens with two attached hydrogens (primary N) is 1. The first kappa shape index (κ1) is 13.3. The minimum absolute atomic E-state index is 0.134. The van der Waals surface area contributed by atoms with Crippen molar-refractivity contribution in [1.29, 1.82) is 0 Å². The number of hydrogen-bond donors (Lipinski definition) is 2. The van der Waals surface area contributed by atoms with E-state index in [1.165, 1.54) is 19.3 Å². The van der Waals surface area contributed by atoms with Crippen LogP contribution < -0.4 is 5.73 Å². The van der Waals surface area contributed by atoms with Gasteiger partial charge in [0.25, 0.3) is 0 Å². The van der Waals surface area contributed by atoms with E-state index in [-0.39, 0.29) is 5.92 Å². The van der Waals surface area contributed by atoms with Gasteiger partial charge in [-0.1, -0.05) is 25.9 Å². The lowest BCUT2D eigenvalue weighted by Gasteiger charge is -2.27. The molecule has 0 radical (unpaired) electrons. The molecule has 1 heterocycles. The van der Waals surface area contributed by atoms with Crippen molar-refractivity contribution < 1.29 is 5.21 Å². The summed E-state index contributed by atoms with van der Waals surface area (Å²) in [6.45, 7) is 9.76. The second kappa shape index (κ2) is 5.53. The van der Waals surface area contributed by atoms with Crippen LogP contribution in [0, 0.1) is 11.3 Å². The molecule has 0 saturated carbocycles. The van der Waals surface area contributed by atoms with E-state index in [2.05, 4.69) is 23.9 Å². The molecule has 1 atom stereocenters. The summed E-state index contributed by atoms with van der Waals surface area (Å²) < 4.78 is 0. The van der Waals surface area contributed by atoms with Gasteiger partial charge in [-0.2, -0.15) is 0 Å². The van der Waals surface area contributed by atoms with Crippen molar-refractivity contribution in [2.24, 2.45) is 22.2 Å². The molecule has 0 aliphatic carbocycles. The molecule has 1 saturated heterocycles. The molecule has 0 spiro atoms. The lowest BCUT2D eigenvalue weighted by Crippen LogP contribution is -2.35. The monoisotopic (exact) mass is 227 g/mol. The number of amidine groups is 1. The molecule has 0 aromatic rings. The van der Waals surface area contributed by atoms with Crippen LogP contribution in [0.3, 0.4) is 0 Å². The van der Waals surface area contributed by atoms with E-state index in [1.54, 1.807) is 0 Å². The molecule has 0 amide bonds. The van der Waals surface area contributed by atoms with Gasteiger partial charge in [0.2, 0.25) is 0 Å². The molecule has 0 aromatic heterocycles. The fourth-order valence-corrected chi connectivity index (χ4v) is 2.59. The van der Waals surface area contributed by atoms with Gasteiger partial charge in [0.15, 0.2) is 0 Å². The Balaban J connectivity index is 2.48. The quantitative estimate of drug-likeness (QED) is 0.326. The van der Waals surface area contributed by atoms with Crippen LogP contribution in [0.2, 0.25) is 0 Å². The largest absolute Gasteiger partial charge is 0.409 e. The third kappa shape index (κ3) is 2.88. The van der Waals surface area contributed by atoms with Crippen molar-refractivity contribution in [3.63, 3.8) is 0 Å². The minimum Gasteiger partial charge on any atom is -0.409 e. The molecule has 1 aliphatic rings. The van der Waals surface area contributed by atoms with Crippen molar-refractivity contribution in [3.8, 4) is 0 Å². The first-order valence-corrected chi connectivity index (χ1v) is 6.26. The summed E-state index contributed by atoms with van der Waals surface area (Å²) in [7, 11) is 0. The SMILES string of the molecule is CCC1(CC)CCN(CC(C)C(N)=NO)C1. The van der Waals surface area contributed by atoms with E-state index < -0.39 is 0 Å². The maximum atomic E-state index is 8.62. The number of rotatable bonds is 5. The first-order chi connectivity index (χ1) is 7.56. The minimum atomic E-state index is 0.134. The Labute approximate surface area is 98.5 Å². The van der Waals surface area contributed by atoms with Crippen LogP contribution in [0.4, 0.5) is 0 Å². The predicted octanol–water partition coefficient (Wildman–Crippen LogP) is 1.88. The molecule has 1 aliphatic heterocycles. The van der Waals surface area contributed by atoms with Gasteiger partial charge >= 0.3 is 0 Å². The summed E-state index contributed by atoms with van der Waals surface area (Å²) in [5.74, 6) is 0.472. The normalized spacial score (nSPS) is 23.6. The lowest BCUT2D eigenvalue weighted by atomic mass is 9.82. The van der Waals surface area contributed by atoms with Crippen LogP contribution in [0.15, 0.2) is 5.16 Å². The molecule has 94 valence electrons. The standard InChI is InChI=1S/C12H25N3O/c1-4-12(5-2)6-7-15(9-12)8-10(3)11(13)14-16/h10,16H,4-9H2,1-3H3,(H2,13,14). The van der Waals surface area contributed by atoms with E-state index in [4.69, 9.17) is 10.9 Å². The highest BCUT2D eigenvalue weighted by Gasteiger charge is 2.35. The average Bonchev–Trinajstić information content (AvgIpc) is 2.72. The summed E-state index contributed by atoms with van der Waals surface area (Å²) in [5.41, 5.74) is 6.11. The van der Waals surface area contributed by atoms with Crippen LogP contribution in [-0.4, -0.2) is 35.6 Å². The van der Waals surface area contributed by atoms with E-state index in [0.717, 1.165) is 19.6 Å². The maximum Gasteiger partial charge on any atom is 0.143 e. The Kier molecular flexibility index (Phi) is 4.59. The zero-order valence-electron chi connectivity index (χ0n) is 10.7. The van der Waals surface area contributed by atoms with E-state index in [0.29, 0.717) is 11.3 Å². The van der Waals surface area contributed by atoms with Gasteiger partial charge < -0.3 is 15.8 Å². The van der Waals surface area contributed by atoms with Gasteiger partial charge in [-0.15, -0.1) is 0 Å². The highest BCUT2D eigenvalue weighted by molar-refractivity contribution is 5.82. The summed E-state index contributed by atoms with van der Waals surface area (Å²) in [5, 5.41) is 11.7. The van der Waals surface area contributed by atoms with E-state index >= 15 is 0 Å². The van der Waals surface area contributed by atoms with Gasteiger partial charge in [-0.25, -0.2) is 0 Å². The lowest BCUT2D eigenvalue weighted by molar-refractivity contribution is 0.231. The molecule has 4 nitrogen and oxygen atoms in total. The Morgan fingerprint density at radius 3 is 2.56 bits per heavy atom. The van der Waals surface area contributed by atoms with Crippen LogP contribution in [0.1, 0.15) is 40.0 Å². The number of nitrogens with zero attached hydrogens (tertiary/aromatic N) is 2. The van der Waals surface area contributed by atoms with Crippen LogP contribution in [-0.2, 0) is 0 Å². The Morgan fingerprint density at radius 2 is 2.12 bits per heavy atom. The third-order valence-corrected chi connectivity index (χ3v) is 4.17. The topological polar surface area (TPSA) is 61.8 Å². The highest BCUT2D eigenvalue weighted by Crippen LogP contribution is 2.37. The molecule has 1 rings (SSSR count). The van der Waals surface area contributed by atoms with Gasteiger partial charge in [0, 0.05) is 19.0 Å². The molecule has 0 bridgehead atoms. The Hall–Kier alpha value is -0.770. The summed E-state index contributed by atoms with van der Waals surface area (Å²) >= 11 is 0. The molecule has 4 heteroatoms. The maximum absolute atomic E-state index is 8.62. The molecule has 1 fully saturated rings. The van der Waals surface area contributed by atoms with Crippen molar-refractivity contribution in [3.05, 3.63) is 0 Å². The van der Waals surface area contributed by atoms with Gasteiger partial charge in [-0.05, 0) is 31.2 Å².